The normalized spacial score (nSPS) is 18.5. The number of benzene rings is 2. The lowest BCUT2D eigenvalue weighted by molar-refractivity contribution is -0.121. The molecule has 1 heterocycles. The molecule has 1 saturated heterocycles. The zero-order chi connectivity index (χ0) is 18.7. The first kappa shape index (κ1) is 19.0. The Morgan fingerprint density at radius 1 is 1.08 bits per heavy atom. The van der Waals surface area contributed by atoms with Crippen LogP contribution in [0.1, 0.15) is 6.42 Å². The first-order valence-corrected chi connectivity index (χ1v) is 10.6. The van der Waals surface area contributed by atoms with Crippen LogP contribution in [0.4, 0.5) is 5.69 Å². The molecule has 0 spiro atoms. The smallest absolute Gasteiger partial charge is 0.265 e. The van der Waals surface area contributed by atoms with Crippen molar-refractivity contribution in [1.82, 2.24) is 0 Å². The molecule has 138 valence electrons. The molecule has 2 aromatic carbocycles. The van der Waals surface area contributed by atoms with Gasteiger partial charge in [0, 0.05) is 5.69 Å². The van der Waals surface area contributed by atoms with Crippen molar-refractivity contribution in [3.8, 4) is 5.75 Å². The van der Waals surface area contributed by atoms with Gasteiger partial charge in [0.2, 0.25) is 0 Å². The number of carbonyl (C=O) groups excluding carboxylic acids is 1. The maximum Gasteiger partial charge on any atom is 0.265 e. The van der Waals surface area contributed by atoms with Crippen molar-refractivity contribution in [2.75, 3.05) is 23.0 Å². The Kier molecular flexibility index (Phi) is 5.75. The first-order chi connectivity index (χ1) is 12.4. The van der Waals surface area contributed by atoms with Gasteiger partial charge < -0.3 is 9.64 Å². The molecule has 26 heavy (non-hydrogen) atoms. The predicted octanol–water partition coefficient (Wildman–Crippen LogP) is 3.59. The van der Waals surface area contributed by atoms with E-state index < -0.39 is 15.9 Å². The van der Waals surface area contributed by atoms with Crippen LogP contribution in [0.2, 0.25) is 10.0 Å². The van der Waals surface area contributed by atoms with Crippen molar-refractivity contribution in [3.05, 3.63) is 58.6 Å². The van der Waals surface area contributed by atoms with Gasteiger partial charge in [-0.25, -0.2) is 8.42 Å². The van der Waals surface area contributed by atoms with Crippen molar-refractivity contribution in [2.24, 2.45) is 0 Å². The number of carbonyl (C=O) groups is 1. The second kappa shape index (κ2) is 7.86. The number of rotatable bonds is 5. The van der Waals surface area contributed by atoms with Crippen LogP contribution >= 0.6 is 23.2 Å². The third-order valence-corrected chi connectivity index (χ3v) is 6.48. The molecule has 1 amide bonds. The highest BCUT2D eigenvalue weighted by Crippen LogP contribution is 2.32. The van der Waals surface area contributed by atoms with Gasteiger partial charge in [0.25, 0.3) is 5.91 Å². The van der Waals surface area contributed by atoms with Crippen LogP contribution in [-0.4, -0.2) is 38.5 Å². The average molecular weight is 414 g/mol. The second-order valence-electron chi connectivity index (χ2n) is 6.00. The van der Waals surface area contributed by atoms with E-state index in [0.29, 0.717) is 22.2 Å². The van der Waals surface area contributed by atoms with Gasteiger partial charge in [-0.2, -0.15) is 0 Å². The average Bonchev–Trinajstić information content (AvgIpc) is 2.95. The van der Waals surface area contributed by atoms with Crippen LogP contribution in [0.3, 0.4) is 0 Å². The fourth-order valence-electron chi connectivity index (χ4n) is 2.95. The molecule has 1 fully saturated rings. The van der Waals surface area contributed by atoms with Gasteiger partial charge in [0.15, 0.2) is 22.2 Å². The van der Waals surface area contributed by atoms with E-state index in [1.54, 1.807) is 42.5 Å². The van der Waals surface area contributed by atoms with Crippen molar-refractivity contribution >= 4 is 44.6 Å². The minimum Gasteiger partial charge on any atom is -0.481 e. The van der Waals surface area contributed by atoms with Crippen molar-refractivity contribution < 1.29 is 17.9 Å². The van der Waals surface area contributed by atoms with Gasteiger partial charge in [-0.15, -0.1) is 0 Å². The van der Waals surface area contributed by atoms with Crippen molar-refractivity contribution in [2.45, 2.75) is 12.5 Å². The molecule has 0 radical (unpaired) electrons. The fraction of sp³-hybridized carbons (Fsp3) is 0.278. The lowest BCUT2D eigenvalue weighted by Crippen LogP contribution is -2.43. The summed E-state index contributed by atoms with van der Waals surface area (Å²) in [6.45, 7) is -0.297. The van der Waals surface area contributed by atoms with E-state index in [1.165, 1.54) is 4.90 Å². The summed E-state index contributed by atoms with van der Waals surface area (Å²) in [4.78, 5) is 14.4. The number of sulfone groups is 1. The number of amides is 1. The summed E-state index contributed by atoms with van der Waals surface area (Å²) in [7, 11) is -3.14. The van der Waals surface area contributed by atoms with E-state index >= 15 is 0 Å². The Labute approximate surface area is 162 Å². The molecule has 0 aromatic heterocycles. The fourth-order valence-corrected chi connectivity index (χ4v) is 5.16. The maximum absolute atomic E-state index is 12.9. The summed E-state index contributed by atoms with van der Waals surface area (Å²) < 4.78 is 29.3. The molecule has 2 aromatic rings. The number of hydrogen-bond acceptors (Lipinski definition) is 4. The van der Waals surface area contributed by atoms with Crippen LogP contribution in [0.25, 0.3) is 0 Å². The molecule has 1 aliphatic heterocycles. The maximum atomic E-state index is 12.9. The summed E-state index contributed by atoms with van der Waals surface area (Å²) in [5.74, 6) is -0.100. The van der Waals surface area contributed by atoms with Gasteiger partial charge in [0.1, 0.15) is 0 Å². The lowest BCUT2D eigenvalue weighted by Gasteiger charge is -2.28. The van der Waals surface area contributed by atoms with Crippen LogP contribution in [0.15, 0.2) is 48.5 Å². The van der Waals surface area contributed by atoms with Gasteiger partial charge in [-0.1, -0.05) is 47.5 Å². The standard InChI is InChI=1S/C18H17Cl2NO4S/c19-15-7-4-8-16(20)18(15)25-11-17(22)21(13-5-2-1-3-6-13)14-9-10-26(23,24)12-14/h1-8,14H,9-12H2/t14-/m0/s1. The Balaban J connectivity index is 1.82. The largest absolute Gasteiger partial charge is 0.481 e. The van der Waals surface area contributed by atoms with Gasteiger partial charge in [-0.3, -0.25) is 4.79 Å². The highest BCUT2D eigenvalue weighted by molar-refractivity contribution is 7.91. The van der Waals surface area contributed by atoms with Crippen LogP contribution in [0, 0.1) is 0 Å². The number of halogens is 2. The summed E-state index contributed by atoms with van der Waals surface area (Å²) in [6.07, 6.45) is 0.399. The van der Waals surface area contributed by atoms with Gasteiger partial charge in [-0.05, 0) is 30.7 Å². The molecule has 0 unspecified atom stereocenters. The van der Waals surface area contributed by atoms with E-state index in [1.807, 2.05) is 6.07 Å². The minimum atomic E-state index is -3.14. The molecular formula is C18H17Cl2NO4S. The van der Waals surface area contributed by atoms with Gasteiger partial charge >= 0.3 is 0 Å². The van der Waals surface area contributed by atoms with Crippen LogP contribution < -0.4 is 9.64 Å². The van der Waals surface area contributed by atoms with E-state index in [9.17, 15) is 13.2 Å². The number of nitrogens with zero attached hydrogens (tertiary/aromatic N) is 1. The molecule has 5 nitrogen and oxygen atoms in total. The number of hydrogen-bond donors (Lipinski definition) is 0. The summed E-state index contributed by atoms with van der Waals surface area (Å²) >= 11 is 12.1. The van der Waals surface area contributed by atoms with Crippen LogP contribution in [-0.2, 0) is 14.6 Å². The summed E-state index contributed by atoms with van der Waals surface area (Å²) in [5, 5.41) is 0.611. The number of para-hydroxylation sites is 2. The Morgan fingerprint density at radius 2 is 1.73 bits per heavy atom. The molecule has 0 N–H and O–H groups in total. The molecule has 1 aliphatic rings. The van der Waals surface area contributed by atoms with E-state index in [2.05, 4.69) is 0 Å². The number of ether oxygens (including phenoxy) is 1. The first-order valence-electron chi connectivity index (χ1n) is 8.02. The highest BCUT2D eigenvalue weighted by atomic mass is 35.5. The SMILES string of the molecule is O=C(COc1c(Cl)cccc1Cl)N(c1ccccc1)[C@H]1CCS(=O)(=O)C1. The molecule has 3 rings (SSSR count). The number of anilines is 1. The molecule has 0 bridgehead atoms. The zero-order valence-corrected chi connectivity index (χ0v) is 16.1. The van der Waals surface area contributed by atoms with Crippen LogP contribution in [0.5, 0.6) is 5.75 Å². The Hall–Kier alpha value is -1.76. The Bertz CT molecular complexity index is 882. The summed E-state index contributed by atoms with van der Waals surface area (Å²) in [6, 6.07) is 13.5. The molecular weight excluding hydrogens is 397 g/mol. The molecule has 0 saturated carbocycles. The minimum absolute atomic E-state index is 0.0551. The lowest BCUT2D eigenvalue weighted by atomic mass is 10.2. The second-order valence-corrected chi connectivity index (χ2v) is 9.04. The Morgan fingerprint density at radius 3 is 2.31 bits per heavy atom. The van der Waals surface area contributed by atoms with Gasteiger partial charge in [0.05, 0.1) is 27.6 Å². The monoisotopic (exact) mass is 413 g/mol. The quantitative estimate of drug-likeness (QED) is 0.750. The zero-order valence-electron chi connectivity index (χ0n) is 13.8. The van der Waals surface area contributed by atoms with E-state index in [0.717, 1.165) is 0 Å². The molecule has 8 heteroatoms. The predicted molar refractivity (Wildman–Crippen MR) is 103 cm³/mol. The topological polar surface area (TPSA) is 63.7 Å². The van der Waals surface area contributed by atoms with Crippen molar-refractivity contribution in [1.29, 1.82) is 0 Å². The third-order valence-electron chi connectivity index (χ3n) is 4.14. The van der Waals surface area contributed by atoms with E-state index in [-0.39, 0.29) is 29.8 Å². The molecule has 0 aliphatic carbocycles. The highest BCUT2D eigenvalue weighted by Gasteiger charge is 2.35. The third kappa shape index (κ3) is 4.31. The van der Waals surface area contributed by atoms with Crippen molar-refractivity contribution in [3.63, 3.8) is 0 Å². The summed E-state index contributed by atoms with van der Waals surface area (Å²) in [5.41, 5.74) is 0.633. The molecule has 1 atom stereocenters. The van der Waals surface area contributed by atoms with E-state index in [4.69, 9.17) is 27.9 Å².